The third-order valence-corrected chi connectivity index (χ3v) is 1.30. The van der Waals surface area contributed by atoms with Gasteiger partial charge in [-0.1, -0.05) is 0 Å². The monoisotopic (exact) mass is 158 g/mol. The second-order valence-electron chi connectivity index (χ2n) is 2.11. The Hall–Kier alpha value is -1.06. The van der Waals surface area contributed by atoms with Gasteiger partial charge in [-0.25, -0.2) is 0 Å². The van der Waals surface area contributed by atoms with E-state index in [2.05, 4.69) is 9.47 Å². The minimum atomic E-state index is 0.258. The molecule has 2 N–H and O–H groups in total. The minimum Gasteiger partial charge on any atom is -0.484 e. The summed E-state index contributed by atoms with van der Waals surface area (Å²) in [5, 5.41) is 14.2. The maximum atomic E-state index is 7.11. The highest BCUT2D eigenvalue weighted by molar-refractivity contribution is 5.75. The second-order valence-corrected chi connectivity index (χ2v) is 2.11. The highest BCUT2D eigenvalue weighted by atomic mass is 16.5. The number of nitrogens with one attached hydrogen (secondary N) is 2. The number of methoxy groups -OCH3 is 2. The quantitative estimate of drug-likeness (QED) is 0.479. The van der Waals surface area contributed by atoms with Gasteiger partial charge < -0.3 is 9.47 Å². The van der Waals surface area contributed by atoms with Gasteiger partial charge in [-0.2, -0.15) is 0 Å². The van der Waals surface area contributed by atoms with E-state index in [1.807, 2.05) is 0 Å². The second kappa shape index (κ2) is 5.70. The van der Waals surface area contributed by atoms with Crippen molar-refractivity contribution >= 4 is 11.8 Å². The Kier molecular flexibility index (Phi) is 5.15. The Morgan fingerprint density at radius 1 is 1.00 bits per heavy atom. The van der Waals surface area contributed by atoms with Crippen LogP contribution in [0.2, 0.25) is 0 Å². The van der Waals surface area contributed by atoms with Crippen LogP contribution in [-0.2, 0) is 9.47 Å². The van der Waals surface area contributed by atoms with Crippen molar-refractivity contribution in [3.05, 3.63) is 0 Å². The predicted octanol–water partition coefficient (Wildman–Crippen LogP) is 1.40. The molecule has 0 radical (unpaired) electrons. The molecule has 0 unspecified atom stereocenters. The van der Waals surface area contributed by atoms with E-state index in [-0.39, 0.29) is 11.8 Å². The molecular formula is C7H14N2O2. The van der Waals surface area contributed by atoms with Crippen LogP contribution in [0.1, 0.15) is 19.3 Å². The van der Waals surface area contributed by atoms with Crippen LogP contribution in [0.25, 0.3) is 0 Å². The summed E-state index contributed by atoms with van der Waals surface area (Å²) in [6, 6.07) is 0. The van der Waals surface area contributed by atoms with Gasteiger partial charge in [0.2, 0.25) is 0 Å². The van der Waals surface area contributed by atoms with E-state index in [0.717, 1.165) is 6.42 Å². The first kappa shape index (κ1) is 9.94. The van der Waals surface area contributed by atoms with Crippen molar-refractivity contribution in [2.75, 3.05) is 14.2 Å². The van der Waals surface area contributed by atoms with Crippen molar-refractivity contribution in [3.8, 4) is 0 Å². The third-order valence-electron chi connectivity index (χ3n) is 1.30. The van der Waals surface area contributed by atoms with Crippen LogP contribution in [-0.4, -0.2) is 26.0 Å². The maximum absolute atomic E-state index is 7.11. The number of rotatable bonds is 4. The molecule has 0 bridgehead atoms. The molecule has 11 heavy (non-hydrogen) atoms. The molecule has 0 rings (SSSR count). The summed E-state index contributed by atoms with van der Waals surface area (Å²) >= 11 is 0. The van der Waals surface area contributed by atoms with Crippen LogP contribution in [0.15, 0.2) is 0 Å². The SMILES string of the molecule is COC(=N)CCCC(=N)OC. The smallest absolute Gasteiger partial charge is 0.180 e. The van der Waals surface area contributed by atoms with Crippen LogP contribution in [0.5, 0.6) is 0 Å². The Bertz CT molecular complexity index is 129. The molecule has 0 aliphatic heterocycles. The molecule has 4 nitrogen and oxygen atoms in total. The van der Waals surface area contributed by atoms with Crippen molar-refractivity contribution in [2.24, 2.45) is 0 Å². The van der Waals surface area contributed by atoms with E-state index in [1.165, 1.54) is 14.2 Å². The third kappa shape index (κ3) is 5.39. The molecule has 0 saturated heterocycles. The van der Waals surface area contributed by atoms with Gasteiger partial charge in [-0.3, -0.25) is 10.8 Å². The lowest BCUT2D eigenvalue weighted by molar-refractivity contribution is 0.374. The van der Waals surface area contributed by atoms with Crippen molar-refractivity contribution in [3.63, 3.8) is 0 Å². The van der Waals surface area contributed by atoms with Gasteiger partial charge in [0, 0.05) is 12.8 Å². The van der Waals surface area contributed by atoms with E-state index in [4.69, 9.17) is 10.8 Å². The molecule has 4 heteroatoms. The molecule has 0 aliphatic rings. The van der Waals surface area contributed by atoms with Gasteiger partial charge in [0.15, 0.2) is 11.8 Å². The summed E-state index contributed by atoms with van der Waals surface area (Å²) in [4.78, 5) is 0. The summed E-state index contributed by atoms with van der Waals surface area (Å²) < 4.78 is 9.28. The normalized spacial score (nSPS) is 8.91. The molecule has 0 aromatic carbocycles. The molecule has 0 spiro atoms. The Labute approximate surface area is 66.5 Å². The number of hydrogen-bond acceptors (Lipinski definition) is 4. The summed E-state index contributed by atoms with van der Waals surface area (Å²) in [5.74, 6) is 0.516. The Morgan fingerprint density at radius 2 is 1.36 bits per heavy atom. The average molecular weight is 158 g/mol. The minimum absolute atomic E-state index is 0.258. The summed E-state index contributed by atoms with van der Waals surface area (Å²) in [6.45, 7) is 0. The topological polar surface area (TPSA) is 66.2 Å². The number of hydrogen-bond donors (Lipinski definition) is 2. The molecule has 0 atom stereocenters. The fraction of sp³-hybridized carbons (Fsp3) is 0.714. The maximum Gasteiger partial charge on any atom is 0.180 e. The van der Waals surface area contributed by atoms with E-state index < -0.39 is 0 Å². The van der Waals surface area contributed by atoms with Crippen LogP contribution in [0.4, 0.5) is 0 Å². The predicted molar refractivity (Wildman–Crippen MR) is 43.3 cm³/mol. The van der Waals surface area contributed by atoms with Gasteiger partial charge in [-0.05, 0) is 6.42 Å². The lowest BCUT2D eigenvalue weighted by Gasteiger charge is -2.02. The Morgan fingerprint density at radius 3 is 1.64 bits per heavy atom. The van der Waals surface area contributed by atoms with E-state index in [9.17, 15) is 0 Å². The van der Waals surface area contributed by atoms with Crippen LogP contribution in [0.3, 0.4) is 0 Å². The van der Waals surface area contributed by atoms with E-state index in [1.54, 1.807) is 0 Å². The first-order valence-corrected chi connectivity index (χ1v) is 3.43. The van der Waals surface area contributed by atoms with Crippen LogP contribution < -0.4 is 0 Å². The fourth-order valence-corrected chi connectivity index (χ4v) is 0.614. The molecule has 0 aliphatic carbocycles. The first-order valence-electron chi connectivity index (χ1n) is 3.43. The van der Waals surface area contributed by atoms with E-state index >= 15 is 0 Å². The molecule has 0 fully saturated rings. The molecule has 64 valence electrons. The van der Waals surface area contributed by atoms with Crippen LogP contribution >= 0.6 is 0 Å². The molecule has 0 aromatic heterocycles. The summed E-state index contributed by atoms with van der Waals surface area (Å²) in [7, 11) is 2.95. The van der Waals surface area contributed by atoms with Crippen molar-refractivity contribution < 1.29 is 9.47 Å². The Balaban J connectivity index is 3.27. The molecular weight excluding hydrogens is 144 g/mol. The van der Waals surface area contributed by atoms with Crippen molar-refractivity contribution in [2.45, 2.75) is 19.3 Å². The van der Waals surface area contributed by atoms with Gasteiger partial charge in [-0.15, -0.1) is 0 Å². The number of ether oxygens (including phenoxy) is 2. The van der Waals surface area contributed by atoms with Gasteiger partial charge in [0.1, 0.15) is 0 Å². The molecule has 0 amide bonds. The zero-order chi connectivity index (χ0) is 8.69. The van der Waals surface area contributed by atoms with Crippen molar-refractivity contribution in [1.29, 1.82) is 10.8 Å². The highest BCUT2D eigenvalue weighted by Gasteiger charge is 1.98. The largest absolute Gasteiger partial charge is 0.484 e. The van der Waals surface area contributed by atoms with E-state index in [0.29, 0.717) is 12.8 Å². The molecule has 0 heterocycles. The highest BCUT2D eigenvalue weighted by Crippen LogP contribution is 1.98. The first-order chi connectivity index (χ1) is 5.20. The van der Waals surface area contributed by atoms with Gasteiger partial charge >= 0.3 is 0 Å². The summed E-state index contributed by atoms with van der Waals surface area (Å²) in [6.07, 6.45) is 1.88. The average Bonchev–Trinajstić information content (AvgIpc) is 2.04. The summed E-state index contributed by atoms with van der Waals surface area (Å²) in [5.41, 5.74) is 0. The molecule has 0 saturated carbocycles. The van der Waals surface area contributed by atoms with Gasteiger partial charge in [0.25, 0.3) is 0 Å². The lowest BCUT2D eigenvalue weighted by atomic mass is 10.2. The van der Waals surface area contributed by atoms with Crippen molar-refractivity contribution in [1.82, 2.24) is 0 Å². The molecule has 0 aromatic rings. The lowest BCUT2D eigenvalue weighted by Crippen LogP contribution is -2.02. The standard InChI is InChI=1S/C7H14N2O2/c1-10-6(8)4-3-5-7(9)11-2/h8-9H,3-5H2,1-2H3. The zero-order valence-electron chi connectivity index (χ0n) is 6.94. The van der Waals surface area contributed by atoms with Crippen LogP contribution in [0, 0.1) is 10.8 Å². The van der Waals surface area contributed by atoms with Gasteiger partial charge in [0.05, 0.1) is 14.2 Å². The fourth-order valence-electron chi connectivity index (χ4n) is 0.614. The zero-order valence-corrected chi connectivity index (χ0v) is 6.94.